The van der Waals surface area contributed by atoms with Crippen LogP contribution in [0.15, 0.2) is 0 Å². The average Bonchev–Trinajstić information content (AvgIpc) is 2.32. The Kier molecular flexibility index (Phi) is 4.54. The molecule has 1 aromatic heterocycles. The molecule has 1 saturated heterocycles. The first kappa shape index (κ1) is 13.3. The summed E-state index contributed by atoms with van der Waals surface area (Å²) in [6.45, 7) is 4.54. The number of hydrogen-bond acceptors (Lipinski definition) is 6. The molecule has 0 atom stereocenters. The monoisotopic (exact) mass is 271 g/mol. The van der Waals surface area contributed by atoms with Gasteiger partial charge in [-0.25, -0.2) is 0 Å². The van der Waals surface area contributed by atoms with Crippen LogP contribution < -0.4 is 10.1 Å². The lowest BCUT2D eigenvalue weighted by molar-refractivity contribution is 0.263. The predicted octanol–water partition coefficient (Wildman–Crippen LogP) is 1.43. The van der Waals surface area contributed by atoms with E-state index in [4.69, 9.17) is 16.3 Å². The molecule has 1 N–H and O–H groups in total. The van der Waals surface area contributed by atoms with E-state index in [1.54, 1.807) is 0 Å². The van der Waals surface area contributed by atoms with Gasteiger partial charge in [0.25, 0.3) is 0 Å². The molecular weight excluding hydrogens is 254 g/mol. The Morgan fingerprint density at radius 2 is 2.06 bits per heavy atom. The van der Waals surface area contributed by atoms with Crippen molar-refractivity contribution in [2.45, 2.75) is 25.8 Å². The van der Waals surface area contributed by atoms with Crippen molar-refractivity contribution in [1.29, 1.82) is 0 Å². The van der Waals surface area contributed by atoms with Gasteiger partial charge in [-0.15, -0.1) is 0 Å². The highest BCUT2D eigenvalue weighted by molar-refractivity contribution is 6.28. The Morgan fingerprint density at radius 3 is 2.72 bits per heavy atom. The van der Waals surface area contributed by atoms with Crippen molar-refractivity contribution < 1.29 is 4.74 Å². The largest absolute Gasteiger partial charge is 0.464 e. The molecule has 0 unspecified atom stereocenters. The first-order valence-electron chi connectivity index (χ1n) is 6.17. The minimum absolute atomic E-state index is 0.156. The summed E-state index contributed by atoms with van der Waals surface area (Å²) in [5.41, 5.74) is 0. The highest BCUT2D eigenvalue weighted by Gasteiger charge is 2.18. The SMILES string of the molecule is CCOc1nc(Cl)nc(NC2CCN(C)CC2)n1. The van der Waals surface area contributed by atoms with Gasteiger partial charge in [0, 0.05) is 6.04 Å². The molecule has 2 heterocycles. The van der Waals surface area contributed by atoms with Gasteiger partial charge in [0.05, 0.1) is 6.61 Å². The Morgan fingerprint density at radius 1 is 1.33 bits per heavy atom. The Labute approximate surface area is 112 Å². The van der Waals surface area contributed by atoms with Crippen LogP contribution in [0.1, 0.15) is 19.8 Å². The molecule has 2 rings (SSSR count). The zero-order chi connectivity index (χ0) is 13.0. The van der Waals surface area contributed by atoms with Crippen LogP contribution in [0.5, 0.6) is 6.01 Å². The van der Waals surface area contributed by atoms with Crippen molar-refractivity contribution in [3.8, 4) is 6.01 Å². The van der Waals surface area contributed by atoms with Crippen LogP contribution in [0.2, 0.25) is 5.28 Å². The summed E-state index contributed by atoms with van der Waals surface area (Å²) in [5.74, 6) is 0.494. The van der Waals surface area contributed by atoms with Gasteiger partial charge in [-0.05, 0) is 51.5 Å². The standard InChI is InChI=1S/C11H18ClN5O/c1-3-18-11-15-9(12)14-10(16-11)13-8-4-6-17(2)7-5-8/h8H,3-7H2,1-2H3,(H,13,14,15,16). The number of likely N-dealkylation sites (tertiary alicyclic amines) is 1. The van der Waals surface area contributed by atoms with Gasteiger partial charge >= 0.3 is 6.01 Å². The number of anilines is 1. The number of hydrogen-bond donors (Lipinski definition) is 1. The summed E-state index contributed by atoms with van der Waals surface area (Å²) >= 11 is 5.84. The summed E-state index contributed by atoms with van der Waals surface area (Å²) < 4.78 is 5.24. The van der Waals surface area contributed by atoms with Crippen molar-refractivity contribution in [2.24, 2.45) is 0 Å². The molecule has 0 aromatic carbocycles. The second-order valence-electron chi connectivity index (χ2n) is 4.37. The molecule has 100 valence electrons. The van der Waals surface area contributed by atoms with E-state index in [9.17, 15) is 0 Å². The topological polar surface area (TPSA) is 63.2 Å². The number of rotatable bonds is 4. The van der Waals surface area contributed by atoms with Crippen molar-refractivity contribution in [2.75, 3.05) is 32.1 Å². The van der Waals surface area contributed by atoms with E-state index < -0.39 is 0 Å². The minimum Gasteiger partial charge on any atom is -0.464 e. The van der Waals surface area contributed by atoms with Gasteiger partial charge < -0.3 is 15.0 Å². The fraction of sp³-hybridized carbons (Fsp3) is 0.727. The number of halogens is 1. The van der Waals surface area contributed by atoms with Gasteiger partial charge in [0.15, 0.2) is 0 Å². The second-order valence-corrected chi connectivity index (χ2v) is 4.70. The third-order valence-electron chi connectivity index (χ3n) is 2.91. The molecule has 0 saturated carbocycles. The molecule has 6 nitrogen and oxygen atoms in total. The lowest BCUT2D eigenvalue weighted by Crippen LogP contribution is -2.37. The van der Waals surface area contributed by atoms with E-state index in [0.29, 0.717) is 18.6 Å². The first-order chi connectivity index (χ1) is 8.67. The summed E-state index contributed by atoms with van der Waals surface area (Å²) in [6.07, 6.45) is 2.15. The maximum absolute atomic E-state index is 5.84. The molecule has 0 radical (unpaired) electrons. The average molecular weight is 272 g/mol. The molecule has 0 spiro atoms. The third kappa shape index (κ3) is 3.68. The van der Waals surface area contributed by atoms with Crippen LogP contribution in [0.25, 0.3) is 0 Å². The highest BCUT2D eigenvalue weighted by atomic mass is 35.5. The van der Waals surface area contributed by atoms with E-state index in [2.05, 4.69) is 32.2 Å². The van der Waals surface area contributed by atoms with Gasteiger partial charge in [-0.1, -0.05) is 0 Å². The van der Waals surface area contributed by atoms with Crippen molar-refractivity contribution in [3.63, 3.8) is 0 Å². The lowest BCUT2D eigenvalue weighted by atomic mass is 10.1. The smallest absolute Gasteiger partial charge is 0.322 e. The fourth-order valence-corrected chi connectivity index (χ4v) is 2.08. The normalized spacial score (nSPS) is 17.7. The maximum atomic E-state index is 5.84. The summed E-state index contributed by atoms with van der Waals surface area (Å²) in [5, 5.41) is 3.44. The van der Waals surface area contributed by atoms with E-state index in [1.165, 1.54) is 0 Å². The zero-order valence-electron chi connectivity index (χ0n) is 10.7. The number of nitrogens with zero attached hydrogens (tertiary/aromatic N) is 4. The molecular formula is C11H18ClN5O. The van der Waals surface area contributed by atoms with Crippen molar-refractivity contribution in [3.05, 3.63) is 5.28 Å². The number of piperidine rings is 1. The summed E-state index contributed by atoms with van der Waals surface area (Å²) in [6, 6.07) is 0.655. The van der Waals surface area contributed by atoms with Crippen LogP contribution >= 0.6 is 11.6 Å². The fourth-order valence-electron chi connectivity index (χ4n) is 1.93. The molecule has 1 aliphatic heterocycles. The second kappa shape index (κ2) is 6.15. The number of nitrogens with one attached hydrogen (secondary N) is 1. The molecule has 0 aliphatic carbocycles. The van der Waals surface area contributed by atoms with Crippen LogP contribution in [0.3, 0.4) is 0 Å². The Hall–Kier alpha value is -1.14. The molecule has 0 amide bonds. The summed E-state index contributed by atoms with van der Waals surface area (Å²) in [4.78, 5) is 14.5. The maximum Gasteiger partial charge on any atom is 0.322 e. The van der Waals surface area contributed by atoms with Crippen LogP contribution in [0, 0.1) is 0 Å². The van der Waals surface area contributed by atoms with E-state index in [0.717, 1.165) is 25.9 Å². The van der Waals surface area contributed by atoms with E-state index >= 15 is 0 Å². The van der Waals surface area contributed by atoms with Crippen molar-refractivity contribution in [1.82, 2.24) is 19.9 Å². The van der Waals surface area contributed by atoms with Crippen LogP contribution in [0.4, 0.5) is 5.95 Å². The molecule has 0 bridgehead atoms. The Balaban J connectivity index is 2.00. The molecule has 1 fully saturated rings. The van der Waals surface area contributed by atoms with Gasteiger partial charge in [0.1, 0.15) is 0 Å². The molecule has 18 heavy (non-hydrogen) atoms. The minimum atomic E-state index is 0.156. The number of ether oxygens (including phenoxy) is 1. The number of aromatic nitrogens is 3. The molecule has 1 aromatic rings. The van der Waals surface area contributed by atoms with Gasteiger partial charge in [-0.3, -0.25) is 0 Å². The van der Waals surface area contributed by atoms with Crippen LogP contribution in [-0.4, -0.2) is 52.6 Å². The van der Waals surface area contributed by atoms with Gasteiger partial charge in [-0.2, -0.15) is 15.0 Å². The van der Waals surface area contributed by atoms with Crippen LogP contribution in [-0.2, 0) is 0 Å². The Bertz CT molecular complexity index is 395. The lowest BCUT2D eigenvalue weighted by Gasteiger charge is -2.29. The predicted molar refractivity (Wildman–Crippen MR) is 70.1 cm³/mol. The van der Waals surface area contributed by atoms with E-state index in [1.807, 2.05) is 6.92 Å². The quantitative estimate of drug-likeness (QED) is 0.894. The van der Waals surface area contributed by atoms with Crippen molar-refractivity contribution >= 4 is 17.5 Å². The zero-order valence-corrected chi connectivity index (χ0v) is 11.4. The molecule has 7 heteroatoms. The third-order valence-corrected chi connectivity index (χ3v) is 3.08. The summed E-state index contributed by atoms with van der Waals surface area (Å²) in [7, 11) is 2.13. The van der Waals surface area contributed by atoms with Gasteiger partial charge in [0.2, 0.25) is 11.2 Å². The first-order valence-corrected chi connectivity index (χ1v) is 6.54. The van der Waals surface area contributed by atoms with E-state index in [-0.39, 0.29) is 11.3 Å². The highest BCUT2D eigenvalue weighted by Crippen LogP contribution is 2.16. The molecule has 1 aliphatic rings.